The van der Waals surface area contributed by atoms with Gasteiger partial charge in [0.15, 0.2) is 0 Å². The number of anilines is 1. The third-order valence-corrected chi connectivity index (χ3v) is 4.62. The van der Waals surface area contributed by atoms with Crippen molar-refractivity contribution in [3.63, 3.8) is 0 Å². The van der Waals surface area contributed by atoms with Crippen LogP contribution in [0.4, 0.5) is 5.69 Å². The van der Waals surface area contributed by atoms with E-state index in [0.717, 1.165) is 43.7 Å². The number of nitrogens with one attached hydrogen (secondary N) is 1. The molecule has 5 heteroatoms. The Morgan fingerprint density at radius 2 is 2.26 bits per heavy atom. The minimum Gasteiger partial charge on any atom is -0.375 e. The Morgan fingerprint density at radius 3 is 2.96 bits per heavy atom. The van der Waals surface area contributed by atoms with Gasteiger partial charge in [0.2, 0.25) is 11.8 Å². The quantitative estimate of drug-likeness (QED) is 0.907. The van der Waals surface area contributed by atoms with Gasteiger partial charge in [0, 0.05) is 31.8 Å². The third-order valence-electron chi connectivity index (χ3n) is 4.62. The van der Waals surface area contributed by atoms with Gasteiger partial charge in [0.25, 0.3) is 0 Å². The first-order valence-corrected chi connectivity index (χ1v) is 8.36. The molecule has 0 bridgehead atoms. The van der Waals surface area contributed by atoms with Gasteiger partial charge < -0.3 is 15.0 Å². The van der Waals surface area contributed by atoms with Crippen LogP contribution >= 0.6 is 0 Å². The zero-order valence-electron chi connectivity index (χ0n) is 13.6. The van der Waals surface area contributed by atoms with E-state index in [2.05, 4.69) is 5.32 Å². The molecule has 0 saturated carbocycles. The molecule has 1 aromatic rings. The molecular weight excluding hydrogens is 292 g/mol. The summed E-state index contributed by atoms with van der Waals surface area (Å²) in [5, 5.41) is 2.96. The van der Waals surface area contributed by atoms with E-state index in [4.69, 9.17) is 4.74 Å². The molecule has 2 fully saturated rings. The van der Waals surface area contributed by atoms with E-state index in [1.807, 2.05) is 36.1 Å². The summed E-state index contributed by atoms with van der Waals surface area (Å²) >= 11 is 0. The summed E-state index contributed by atoms with van der Waals surface area (Å²) < 4.78 is 5.66. The predicted octanol–water partition coefficient (Wildman–Crippen LogP) is 2.39. The Hall–Kier alpha value is -1.88. The minimum absolute atomic E-state index is 0.0112. The van der Waals surface area contributed by atoms with Crippen LogP contribution in [0.3, 0.4) is 0 Å². The highest BCUT2D eigenvalue weighted by Crippen LogP contribution is 2.28. The molecule has 3 rings (SSSR count). The zero-order valence-corrected chi connectivity index (χ0v) is 13.6. The molecule has 23 heavy (non-hydrogen) atoms. The van der Waals surface area contributed by atoms with Crippen LogP contribution in [-0.2, 0) is 20.9 Å². The van der Waals surface area contributed by atoms with E-state index >= 15 is 0 Å². The van der Waals surface area contributed by atoms with Crippen LogP contribution < -0.4 is 10.2 Å². The Bertz CT molecular complexity index is 594. The molecule has 1 N–H and O–H groups in total. The fourth-order valence-electron chi connectivity index (χ4n) is 3.33. The number of rotatable bonds is 5. The van der Waals surface area contributed by atoms with Gasteiger partial charge >= 0.3 is 0 Å². The van der Waals surface area contributed by atoms with Crippen molar-refractivity contribution in [3.8, 4) is 0 Å². The summed E-state index contributed by atoms with van der Waals surface area (Å²) in [6.07, 6.45) is 3.90. The summed E-state index contributed by atoms with van der Waals surface area (Å²) in [7, 11) is 0. The molecule has 0 radical (unpaired) electrons. The lowest BCUT2D eigenvalue weighted by molar-refractivity contribution is -0.126. The number of amides is 2. The molecule has 0 aliphatic carbocycles. The van der Waals surface area contributed by atoms with E-state index in [0.29, 0.717) is 19.4 Å². The lowest BCUT2D eigenvalue weighted by Crippen LogP contribution is -2.33. The summed E-state index contributed by atoms with van der Waals surface area (Å²) in [5.74, 6) is 0.189. The highest BCUT2D eigenvalue weighted by molar-refractivity contribution is 5.95. The summed E-state index contributed by atoms with van der Waals surface area (Å²) in [4.78, 5) is 25.8. The first-order chi connectivity index (χ1) is 11.1. The fraction of sp³-hybridized carbons (Fsp3) is 0.556. The van der Waals surface area contributed by atoms with Gasteiger partial charge in [-0.05, 0) is 43.9 Å². The largest absolute Gasteiger partial charge is 0.375 e. The Kier molecular flexibility index (Phi) is 4.66. The molecule has 0 aromatic heterocycles. The number of hydrogen-bond donors (Lipinski definition) is 1. The predicted molar refractivity (Wildman–Crippen MR) is 88.1 cm³/mol. The second kappa shape index (κ2) is 6.71. The van der Waals surface area contributed by atoms with Crippen molar-refractivity contribution >= 4 is 17.5 Å². The monoisotopic (exact) mass is 316 g/mol. The first-order valence-electron chi connectivity index (χ1n) is 8.36. The van der Waals surface area contributed by atoms with E-state index in [9.17, 15) is 9.59 Å². The van der Waals surface area contributed by atoms with Gasteiger partial charge in [0.1, 0.15) is 0 Å². The van der Waals surface area contributed by atoms with E-state index in [-0.39, 0.29) is 17.4 Å². The highest BCUT2D eigenvalue weighted by atomic mass is 16.5. The Morgan fingerprint density at radius 1 is 1.39 bits per heavy atom. The molecule has 1 atom stereocenters. The topological polar surface area (TPSA) is 58.6 Å². The van der Waals surface area contributed by atoms with Crippen LogP contribution in [0, 0.1) is 0 Å². The average molecular weight is 316 g/mol. The lowest BCUT2D eigenvalue weighted by Gasteiger charge is -2.22. The molecule has 0 spiro atoms. The average Bonchev–Trinajstić information content (AvgIpc) is 3.14. The summed E-state index contributed by atoms with van der Waals surface area (Å²) in [6, 6.07) is 7.83. The molecular formula is C18H24N2O3. The van der Waals surface area contributed by atoms with Gasteiger partial charge in [-0.25, -0.2) is 0 Å². The number of hydrogen-bond acceptors (Lipinski definition) is 3. The van der Waals surface area contributed by atoms with Crippen LogP contribution in [0.5, 0.6) is 0 Å². The molecule has 1 unspecified atom stereocenters. The fourth-order valence-corrected chi connectivity index (χ4v) is 3.33. The Balaban J connectivity index is 1.56. The van der Waals surface area contributed by atoms with E-state index in [1.54, 1.807) is 0 Å². The van der Waals surface area contributed by atoms with Crippen molar-refractivity contribution in [1.82, 2.24) is 5.32 Å². The molecule has 2 amide bonds. The molecule has 2 aliphatic heterocycles. The smallest absolute Gasteiger partial charge is 0.227 e. The number of nitrogens with zero attached hydrogens (tertiary/aromatic N) is 1. The molecule has 1 aromatic carbocycles. The van der Waals surface area contributed by atoms with E-state index < -0.39 is 0 Å². The second-order valence-corrected chi connectivity index (χ2v) is 6.67. The number of carbonyl (C=O) groups excluding carboxylic acids is 2. The maximum absolute atomic E-state index is 12.1. The van der Waals surface area contributed by atoms with Crippen LogP contribution in [-0.4, -0.2) is 30.6 Å². The van der Waals surface area contributed by atoms with Crippen LogP contribution in [0.25, 0.3) is 0 Å². The van der Waals surface area contributed by atoms with Crippen LogP contribution in [0.1, 0.15) is 44.6 Å². The van der Waals surface area contributed by atoms with Crippen molar-refractivity contribution in [2.45, 2.75) is 51.2 Å². The van der Waals surface area contributed by atoms with Gasteiger partial charge in [0.05, 0.1) is 12.0 Å². The normalized spacial score (nSPS) is 24.2. The lowest BCUT2D eigenvalue weighted by atomic mass is 9.98. The molecule has 5 nitrogen and oxygen atoms in total. The van der Waals surface area contributed by atoms with Gasteiger partial charge in [-0.3, -0.25) is 9.59 Å². The van der Waals surface area contributed by atoms with Gasteiger partial charge in [-0.15, -0.1) is 0 Å². The van der Waals surface area contributed by atoms with Crippen molar-refractivity contribution < 1.29 is 14.3 Å². The number of carbonyl (C=O) groups is 2. The van der Waals surface area contributed by atoms with Crippen molar-refractivity contribution in [2.24, 2.45) is 0 Å². The Labute approximate surface area is 137 Å². The first kappa shape index (κ1) is 16.0. The maximum atomic E-state index is 12.1. The zero-order chi connectivity index (χ0) is 16.3. The van der Waals surface area contributed by atoms with Crippen LogP contribution in [0.15, 0.2) is 24.3 Å². The van der Waals surface area contributed by atoms with Crippen LogP contribution in [0.2, 0.25) is 0 Å². The SMILES string of the molecule is CC1(CC(=O)NCc2cccc(N3CCCC3=O)c2)CCCO1. The standard InChI is InChI=1S/C18H24N2O3/c1-18(8-4-10-23-18)12-16(21)19-13-14-5-2-6-15(11-14)20-9-3-7-17(20)22/h2,5-6,11H,3-4,7-10,12-13H2,1H3,(H,19,21). The molecule has 2 aliphatic rings. The molecule has 2 saturated heterocycles. The van der Waals surface area contributed by atoms with Crippen molar-refractivity contribution in [1.29, 1.82) is 0 Å². The number of ether oxygens (including phenoxy) is 1. The molecule has 124 valence electrons. The minimum atomic E-state index is -0.312. The van der Waals surface area contributed by atoms with Crippen molar-refractivity contribution in [2.75, 3.05) is 18.1 Å². The highest BCUT2D eigenvalue weighted by Gasteiger charge is 2.32. The van der Waals surface area contributed by atoms with Gasteiger partial charge in [-0.2, -0.15) is 0 Å². The third kappa shape index (κ3) is 3.91. The number of benzene rings is 1. The second-order valence-electron chi connectivity index (χ2n) is 6.67. The summed E-state index contributed by atoms with van der Waals surface area (Å²) in [5.41, 5.74) is 1.62. The van der Waals surface area contributed by atoms with Crippen molar-refractivity contribution in [3.05, 3.63) is 29.8 Å². The van der Waals surface area contributed by atoms with E-state index in [1.165, 1.54) is 0 Å². The van der Waals surface area contributed by atoms with Gasteiger partial charge in [-0.1, -0.05) is 12.1 Å². The summed E-state index contributed by atoms with van der Waals surface area (Å²) in [6.45, 7) is 4.00. The maximum Gasteiger partial charge on any atom is 0.227 e. The molecule has 2 heterocycles.